The maximum absolute atomic E-state index is 12.1. The fourth-order valence-electron chi connectivity index (χ4n) is 1.97. The molecule has 0 saturated carbocycles. The summed E-state index contributed by atoms with van der Waals surface area (Å²) in [7, 11) is 0. The number of carbonyl (C=O) groups excluding carboxylic acids is 1. The highest BCUT2D eigenvalue weighted by molar-refractivity contribution is 9.09. The molecule has 0 radical (unpaired) electrons. The molecular formula is C12H22BrNO2. The van der Waals surface area contributed by atoms with E-state index in [4.69, 9.17) is 4.74 Å². The van der Waals surface area contributed by atoms with Crippen molar-refractivity contribution in [2.45, 2.75) is 51.7 Å². The monoisotopic (exact) mass is 291 g/mol. The van der Waals surface area contributed by atoms with Crippen molar-refractivity contribution in [3.05, 3.63) is 0 Å². The number of alkyl halides is 1. The minimum absolute atomic E-state index is 0.0460. The summed E-state index contributed by atoms with van der Waals surface area (Å²) in [6.07, 6.45) is 2.77. The Morgan fingerprint density at radius 3 is 2.69 bits per heavy atom. The van der Waals surface area contributed by atoms with E-state index in [1.165, 1.54) is 0 Å². The first-order chi connectivity index (χ1) is 7.49. The molecule has 0 aromatic rings. The van der Waals surface area contributed by atoms with Gasteiger partial charge in [-0.1, -0.05) is 29.8 Å². The molecule has 1 saturated heterocycles. The van der Waals surface area contributed by atoms with Gasteiger partial charge in [-0.05, 0) is 32.1 Å². The maximum atomic E-state index is 12.1. The molecule has 0 aliphatic carbocycles. The molecule has 1 aliphatic heterocycles. The lowest BCUT2D eigenvalue weighted by molar-refractivity contribution is -0.140. The quantitative estimate of drug-likeness (QED) is 0.791. The molecule has 1 N–H and O–H groups in total. The molecule has 1 fully saturated rings. The number of halogens is 1. The predicted octanol–water partition coefficient (Wildman–Crippen LogP) is 2.48. The Morgan fingerprint density at radius 1 is 1.56 bits per heavy atom. The summed E-state index contributed by atoms with van der Waals surface area (Å²) in [6.45, 7) is 6.85. The van der Waals surface area contributed by atoms with Gasteiger partial charge in [-0.3, -0.25) is 4.79 Å². The first-order valence-corrected chi connectivity index (χ1v) is 7.12. The van der Waals surface area contributed by atoms with Gasteiger partial charge in [0.15, 0.2) is 0 Å². The Labute approximate surface area is 106 Å². The maximum Gasteiger partial charge on any atom is 0.252 e. The summed E-state index contributed by atoms with van der Waals surface area (Å²) in [4.78, 5) is 12.1. The number of hydrogen-bond acceptors (Lipinski definition) is 2. The van der Waals surface area contributed by atoms with Crippen LogP contribution in [0, 0.1) is 5.92 Å². The van der Waals surface area contributed by atoms with Crippen LogP contribution in [0.2, 0.25) is 0 Å². The summed E-state index contributed by atoms with van der Waals surface area (Å²) in [6, 6.07) is 0.230. The van der Waals surface area contributed by atoms with Gasteiger partial charge in [0.1, 0.15) is 5.60 Å². The van der Waals surface area contributed by atoms with Crippen LogP contribution in [-0.4, -0.2) is 29.5 Å². The van der Waals surface area contributed by atoms with E-state index < -0.39 is 5.60 Å². The van der Waals surface area contributed by atoms with Crippen LogP contribution in [0.5, 0.6) is 0 Å². The zero-order valence-corrected chi connectivity index (χ0v) is 12.0. The summed E-state index contributed by atoms with van der Waals surface area (Å²) < 4.78 is 5.54. The largest absolute Gasteiger partial charge is 0.365 e. The second-order valence-corrected chi connectivity index (χ2v) is 5.78. The lowest BCUT2D eigenvalue weighted by Gasteiger charge is -2.28. The topological polar surface area (TPSA) is 38.3 Å². The van der Waals surface area contributed by atoms with Crippen LogP contribution < -0.4 is 5.32 Å². The smallest absolute Gasteiger partial charge is 0.252 e. The first kappa shape index (κ1) is 14.0. The van der Waals surface area contributed by atoms with Crippen LogP contribution in [0.4, 0.5) is 0 Å². The Balaban J connectivity index is 2.53. The molecule has 1 amide bonds. The Morgan fingerprint density at radius 2 is 2.25 bits per heavy atom. The molecular weight excluding hydrogens is 270 g/mol. The van der Waals surface area contributed by atoms with Crippen LogP contribution in [0.3, 0.4) is 0 Å². The highest BCUT2D eigenvalue weighted by atomic mass is 79.9. The number of ether oxygens (including phenoxy) is 1. The zero-order chi connectivity index (χ0) is 12.2. The van der Waals surface area contributed by atoms with E-state index in [9.17, 15) is 4.79 Å². The van der Waals surface area contributed by atoms with Crippen molar-refractivity contribution in [3.8, 4) is 0 Å². The predicted molar refractivity (Wildman–Crippen MR) is 68.8 cm³/mol. The number of hydrogen-bond donors (Lipinski definition) is 1. The standard InChI is InChI=1S/C12H22BrNO2/c1-9(2)10(5-7-13)14-11(15)12(3)6-4-8-16-12/h9-10H,4-8H2,1-3H3,(H,14,15). The molecule has 0 aromatic carbocycles. The normalized spacial score (nSPS) is 27.1. The molecule has 4 heteroatoms. The SMILES string of the molecule is CC(C)C(CCBr)NC(=O)C1(C)CCCO1. The Kier molecular flexibility index (Phi) is 5.25. The van der Waals surface area contributed by atoms with Gasteiger partial charge >= 0.3 is 0 Å². The van der Waals surface area contributed by atoms with E-state index >= 15 is 0 Å². The van der Waals surface area contributed by atoms with Crippen molar-refractivity contribution in [2.75, 3.05) is 11.9 Å². The van der Waals surface area contributed by atoms with Gasteiger partial charge in [0.2, 0.25) is 0 Å². The number of amides is 1. The highest BCUT2D eigenvalue weighted by Gasteiger charge is 2.38. The van der Waals surface area contributed by atoms with Crippen molar-refractivity contribution in [2.24, 2.45) is 5.92 Å². The number of nitrogens with one attached hydrogen (secondary N) is 1. The Hall–Kier alpha value is -0.0900. The zero-order valence-electron chi connectivity index (χ0n) is 10.4. The second kappa shape index (κ2) is 6.01. The lowest BCUT2D eigenvalue weighted by atomic mass is 9.97. The molecule has 94 valence electrons. The Bertz CT molecular complexity index is 237. The van der Waals surface area contributed by atoms with Gasteiger partial charge < -0.3 is 10.1 Å². The van der Waals surface area contributed by atoms with Crippen LogP contribution in [-0.2, 0) is 9.53 Å². The molecule has 0 aromatic heterocycles. The molecule has 1 aliphatic rings. The summed E-state index contributed by atoms with van der Waals surface area (Å²) in [5.41, 5.74) is -0.598. The highest BCUT2D eigenvalue weighted by Crippen LogP contribution is 2.25. The molecule has 2 atom stereocenters. The van der Waals surface area contributed by atoms with Crippen molar-refractivity contribution < 1.29 is 9.53 Å². The van der Waals surface area contributed by atoms with Crippen LogP contribution in [0.25, 0.3) is 0 Å². The van der Waals surface area contributed by atoms with Crippen LogP contribution in [0.1, 0.15) is 40.0 Å². The number of carbonyl (C=O) groups is 1. The molecule has 2 unspecified atom stereocenters. The lowest BCUT2D eigenvalue weighted by Crippen LogP contribution is -2.49. The van der Waals surface area contributed by atoms with Crippen molar-refractivity contribution in [3.63, 3.8) is 0 Å². The van der Waals surface area contributed by atoms with E-state index in [2.05, 4.69) is 35.1 Å². The van der Waals surface area contributed by atoms with Gasteiger partial charge in [-0.25, -0.2) is 0 Å². The summed E-state index contributed by atoms with van der Waals surface area (Å²) in [5.74, 6) is 0.496. The number of rotatable bonds is 5. The van der Waals surface area contributed by atoms with Gasteiger partial charge in [0.05, 0.1) is 0 Å². The fraction of sp³-hybridized carbons (Fsp3) is 0.917. The second-order valence-electron chi connectivity index (χ2n) is 4.98. The van der Waals surface area contributed by atoms with Crippen LogP contribution >= 0.6 is 15.9 Å². The van der Waals surface area contributed by atoms with E-state index in [1.54, 1.807) is 0 Å². The van der Waals surface area contributed by atoms with E-state index in [-0.39, 0.29) is 11.9 Å². The van der Waals surface area contributed by atoms with Gasteiger partial charge in [0, 0.05) is 18.0 Å². The average molecular weight is 292 g/mol. The minimum Gasteiger partial charge on any atom is -0.365 e. The molecule has 16 heavy (non-hydrogen) atoms. The van der Waals surface area contributed by atoms with Crippen molar-refractivity contribution in [1.29, 1.82) is 0 Å². The van der Waals surface area contributed by atoms with Gasteiger partial charge in [-0.15, -0.1) is 0 Å². The van der Waals surface area contributed by atoms with E-state index in [0.29, 0.717) is 12.5 Å². The molecule has 1 heterocycles. The molecule has 3 nitrogen and oxygen atoms in total. The van der Waals surface area contributed by atoms with E-state index in [1.807, 2.05) is 6.92 Å². The molecule has 0 bridgehead atoms. The van der Waals surface area contributed by atoms with Crippen molar-refractivity contribution >= 4 is 21.8 Å². The molecule has 0 spiro atoms. The summed E-state index contributed by atoms with van der Waals surface area (Å²) in [5, 5.41) is 4.02. The van der Waals surface area contributed by atoms with Crippen molar-refractivity contribution in [1.82, 2.24) is 5.32 Å². The van der Waals surface area contributed by atoms with Crippen LogP contribution in [0.15, 0.2) is 0 Å². The average Bonchev–Trinajstić information content (AvgIpc) is 2.65. The van der Waals surface area contributed by atoms with E-state index in [0.717, 1.165) is 24.6 Å². The fourth-order valence-corrected chi connectivity index (χ4v) is 2.46. The third-order valence-corrected chi connectivity index (χ3v) is 3.70. The first-order valence-electron chi connectivity index (χ1n) is 6.00. The third-order valence-electron chi connectivity index (χ3n) is 3.24. The molecule has 1 rings (SSSR count). The summed E-state index contributed by atoms with van der Waals surface area (Å²) >= 11 is 3.42. The minimum atomic E-state index is -0.598. The van der Waals surface area contributed by atoms with Gasteiger partial charge in [0.25, 0.3) is 5.91 Å². The van der Waals surface area contributed by atoms with Gasteiger partial charge in [-0.2, -0.15) is 0 Å². The third kappa shape index (κ3) is 3.45.